The summed E-state index contributed by atoms with van der Waals surface area (Å²) in [6, 6.07) is 0. The molecule has 0 aliphatic carbocycles. The van der Waals surface area contributed by atoms with Crippen molar-refractivity contribution in [1.82, 2.24) is 0 Å². The lowest BCUT2D eigenvalue weighted by Crippen LogP contribution is -2.14. The summed E-state index contributed by atoms with van der Waals surface area (Å²) in [7, 11) is 1.60. The van der Waals surface area contributed by atoms with Crippen LogP contribution in [0.2, 0.25) is 0 Å². The van der Waals surface area contributed by atoms with Crippen LogP contribution in [0.25, 0.3) is 0 Å². The first-order chi connectivity index (χ1) is 6.81. The van der Waals surface area contributed by atoms with E-state index >= 15 is 0 Å². The molecule has 0 saturated carbocycles. The van der Waals surface area contributed by atoms with Crippen molar-refractivity contribution < 1.29 is 14.6 Å². The van der Waals surface area contributed by atoms with Gasteiger partial charge in [-0.15, -0.1) is 0 Å². The van der Waals surface area contributed by atoms with Gasteiger partial charge in [-0.05, 0) is 6.42 Å². The van der Waals surface area contributed by atoms with E-state index in [-0.39, 0.29) is 0 Å². The maximum absolute atomic E-state index is 9.38. The maximum Gasteiger partial charge on any atom is 0.107 e. The number of aliphatic hydroxyl groups excluding tert-OH is 1. The molecule has 0 fully saturated rings. The van der Waals surface area contributed by atoms with Gasteiger partial charge >= 0.3 is 0 Å². The smallest absolute Gasteiger partial charge is 0.107 e. The molecular weight excluding hydrogens is 180 g/mol. The van der Waals surface area contributed by atoms with Crippen molar-refractivity contribution in [2.24, 2.45) is 0 Å². The van der Waals surface area contributed by atoms with Gasteiger partial charge in [0.25, 0.3) is 0 Å². The lowest BCUT2D eigenvalue weighted by Gasteiger charge is -2.07. The van der Waals surface area contributed by atoms with Crippen LogP contribution in [-0.4, -0.2) is 38.1 Å². The molecular formula is C11H20O3. The van der Waals surface area contributed by atoms with Crippen molar-refractivity contribution in [3.8, 4) is 11.8 Å². The van der Waals surface area contributed by atoms with Crippen LogP contribution in [0.1, 0.15) is 26.2 Å². The highest BCUT2D eigenvalue weighted by molar-refractivity contribution is 5.00. The van der Waals surface area contributed by atoms with Crippen molar-refractivity contribution in [1.29, 1.82) is 0 Å². The topological polar surface area (TPSA) is 38.7 Å². The maximum atomic E-state index is 9.38. The zero-order valence-corrected chi connectivity index (χ0v) is 9.08. The molecule has 14 heavy (non-hydrogen) atoms. The molecule has 0 aromatic heterocycles. The highest BCUT2D eigenvalue weighted by atomic mass is 16.5. The van der Waals surface area contributed by atoms with Gasteiger partial charge in [-0.1, -0.05) is 25.2 Å². The van der Waals surface area contributed by atoms with Crippen LogP contribution < -0.4 is 0 Å². The summed E-state index contributed by atoms with van der Waals surface area (Å²) in [6.45, 7) is 3.63. The van der Waals surface area contributed by atoms with Crippen LogP contribution in [-0.2, 0) is 9.47 Å². The second kappa shape index (κ2) is 10.5. The Morgan fingerprint density at radius 3 is 2.79 bits per heavy atom. The fourth-order valence-electron chi connectivity index (χ4n) is 0.838. The van der Waals surface area contributed by atoms with Crippen LogP contribution in [0.15, 0.2) is 0 Å². The Hall–Kier alpha value is -0.560. The number of methoxy groups -OCH3 is 1. The van der Waals surface area contributed by atoms with Gasteiger partial charge in [0.05, 0.1) is 12.7 Å². The van der Waals surface area contributed by atoms with E-state index < -0.39 is 6.10 Å². The van der Waals surface area contributed by atoms with Gasteiger partial charge in [0.2, 0.25) is 0 Å². The molecule has 3 heteroatoms. The lowest BCUT2D eigenvalue weighted by atomic mass is 10.3. The molecule has 1 atom stereocenters. The van der Waals surface area contributed by atoms with Gasteiger partial charge in [0.1, 0.15) is 6.61 Å². The summed E-state index contributed by atoms with van der Waals surface area (Å²) in [4.78, 5) is 0. The van der Waals surface area contributed by atoms with E-state index in [1.54, 1.807) is 7.11 Å². The predicted molar refractivity (Wildman–Crippen MR) is 56.0 cm³/mol. The molecule has 0 saturated heterocycles. The van der Waals surface area contributed by atoms with E-state index in [1.807, 2.05) is 0 Å². The van der Waals surface area contributed by atoms with Crippen molar-refractivity contribution in [3.05, 3.63) is 0 Å². The minimum Gasteiger partial charge on any atom is -0.390 e. The molecule has 1 N–H and O–H groups in total. The average Bonchev–Trinajstić information content (AvgIpc) is 2.19. The Morgan fingerprint density at radius 2 is 2.14 bits per heavy atom. The number of rotatable bonds is 7. The average molecular weight is 200 g/mol. The molecule has 0 radical (unpaired) electrons. The monoisotopic (exact) mass is 200 g/mol. The van der Waals surface area contributed by atoms with E-state index in [2.05, 4.69) is 18.8 Å². The SMILES string of the molecule is CCCCOCC(O)CC#CCOC. The van der Waals surface area contributed by atoms with E-state index in [0.717, 1.165) is 19.4 Å². The summed E-state index contributed by atoms with van der Waals surface area (Å²) in [5.41, 5.74) is 0. The number of aliphatic hydroxyl groups is 1. The summed E-state index contributed by atoms with van der Waals surface area (Å²) in [6.07, 6.45) is 2.14. The van der Waals surface area contributed by atoms with Gasteiger partial charge in [-0.25, -0.2) is 0 Å². The zero-order valence-electron chi connectivity index (χ0n) is 9.08. The predicted octanol–water partition coefficient (Wildman–Crippen LogP) is 1.20. The Bertz CT molecular complexity index is 169. The first-order valence-corrected chi connectivity index (χ1v) is 5.01. The van der Waals surface area contributed by atoms with E-state index in [0.29, 0.717) is 19.6 Å². The largest absolute Gasteiger partial charge is 0.390 e. The molecule has 0 aromatic rings. The summed E-state index contributed by atoms with van der Waals surface area (Å²) >= 11 is 0. The number of hydrogen-bond donors (Lipinski definition) is 1. The molecule has 0 aliphatic rings. The van der Waals surface area contributed by atoms with E-state index in [1.165, 1.54) is 0 Å². The molecule has 0 spiro atoms. The second-order valence-electron chi connectivity index (χ2n) is 3.07. The van der Waals surface area contributed by atoms with Crippen molar-refractivity contribution in [2.75, 3.05) is 26.9 Å². The first kappa shape index (κ1) is 13.4. The highest BCUT2D eigenvalue weighted by Crippen LogP contribution is 1.93. The third kappa shape index (κ3) is 9.53. The molecule has 0 aliphatic heterocycles. The van der Waals surface area contributed by atoms with Gasteiger partial charge in [0, 0.05) is 20.1 Å². The van der Waals surface area contributed by atoms with E-state index in [4.69, 9.17) is 9.47 Å². The summed E-state index contributed by atoms with van der Waals surface area (Å²) in [5.74, 6) is 5.60. The highest BCUT2D eigenvalue weighted by Gasteiger charge is 2.00. The molecule has 3 nitrogen and oxygen atoms in total. The molecule has 0 rings (SSSR count). The van der Waals surface area contributed by atoms with Crippen molar-refractivity contribution in [2.45, 2.75) is 32.3 Å². The molecule has 0 aromatic carbocycles. The van der Waals surface area contributed by atoms with Crippen LogP contribution in [0, 0.1) is 11.8 Å². The normalized spacial score (nSPS) is 11.9. The number of ether oxygens (including phenoxy) is 2. The van der Waals surface area contributed by atoms with Crippen LogP contribution >= 0.6 is 0 Å². The quantitative estimate of drug-likeness (QED) is 0.496. The first-order valence-electron chi connectivity index (χ1n) is 5.01. The molecule has 0 amide bonds. The minimum absolute atomic E-state index is 0.377. The molecule has 0 heterocycles. The Labute approximate surface area is 86.4 Å². The molecule has 1 unspecified atom stereocenters. The fraction of sp³-hybridized carbons (Fsp3) is 0.818. The van der Waals surface area contributed by atoms with Crippen molar-refractivity contribution >= 4 is 0 Å². The minimum atomic E-state index is -0.476. The number of hydrogen-bond acceptors (Lipinski definition) is 3. The Morgan fingerprint density at radius 1 is 1.36 bits per heavy atom. The summed E-state index contributed by atoms with van der Waals surface area (Å²) < 4.78 is 9.99. The second-order valence-corrected chi connectivity index (χ2v) is 3.07. The summed E-state index contributed by atoms with van der Waals surface area (Å²) in [5, 5.41) is 9.38. The fourth-order valence-corrected chi connectivity index (χ4v) is 0.838. The Balaban J connectivity index is 3.28. The van der Waals surface area contributed by atoms with E-state index in [9.17, 15) is 5.11 Å². The standard InChI is InChI=1S/C11H20O3/c1-3-4-9-14-10-11(12)7-5-6-8-13-2/h11-12H,3-4,7-10H2,1-2H3. The van der Waals surface area contributed by atoms with Gasteiger partial charge in [-0.2, -0.15) is 0 Å². The Kier molecular flexibility index (Phi) is 10.1. The number of unbranched alkanes of at least 4 members (excludes halogenated alkanes) is 1. The van der Waals surface area contributed by atoms with Gasteiger partial charge < -0.3 is 14.6 Å². The van der Waals surface area contributed by atoms with Crippen LogP contribution in [0.4, 0.5) is 0 Å². The van der Waals surface area contributed by atoms with Gasteiger partial charge in [0.15, 0.2) is 0 Å². The third-order valence-electron chi connectivity index (χ3n) is 1.63. The van der Waals surface area contributed by atoms with Crippen LogP contribution in [0.3, 0.4) is 0 Å². The third-order valence-corrected chi connectivity index (χ3v) is 1.63. The van der Waals surface area contributed by atoms with Crippen molar-refractivity contribution in [3.63, 3.8) is 0 Å². The van der Waals surface area contributed by atoms with Crippen LogP contribution in [0.5, 0.6) is 0 Å². The molecule has 0 bridgehead atoms. The zero-order chi connectivity index (χ0) is 10.6. The van der Waals surface area contributed by atoms with Gasteiger partial charge in [-0.3, -0.25) is 0 Å². The molecule has 82 valence electrons. The lowest BCUT2D eigenvalue weighted by molar-refractivity contribution is 0.0383.